The van der Waals surface area contributed by atoms with Gasteiger partial charge >= 0.3 is 0 Å². The van der Waals surface area contributed by atoms with Gasteiger partial charge in [-0.1, -0.05) is 115 Å². The van der Waals surface area contributed by atoms with E-state index in [-0.39, 0.29) is 0 Å². The molecule has 0 spiro atoms. The topological polar surface area (TPSA) is 12.0 Å². The molecule has 36 heavy (non-hydrogen) atoms. The summed E-state index contributed by atoms with van der Waals surface area (Å²) >= 11 is 1.88. The van der Waals surface area contributed by atoms with E-state index < -0.39 is 0 Å². The van der Waals surface area contributed by atoms with Crippen LogP contribution in [0.2, 0.25) is 0 Å². The second kappa shape index (κ2) is 8.67. The van der Waals surface area contributed by atoms with E-state index in [2.05, 4.69) is 139 Å². The molecular weight excluding hydrogens is 454 g/mol. The fourth-order valence-electron chi connectivity index (χ4n) is 5.19. The van der Waals surface area contributed by atoms with Crippen LogP contribution in [0.5, 0.6) is 0 Å². The van der Waals surface area contributed by atoms with Gasteiger partial charge in [0.05, 0.1) is 10.4 Å². The molecule has 1 N–H and O–H groups in total. The first-order valence-electron chi connectivity index (χ1n) is 12.2. The second-order valence-corrected chi connectivity index (χ2v) is 10.1. The zero-order chi connectivity index (χ0) is 23.9. The number of thiophene rings is 1. The molecule has 0 aliphatic rings. The molecule has 2 heteroatoms. The number of benzene rings is 6. The van der Waals surface area contributed by atoms with Gasteiger partial charge in [0, 0.05) is 32.3 Å². The van der Waals surface area contributed by atoms with Crippen molar-refractivity contribution in [1.29, 1.82) is 0 Å². The van der Waals surface area contributed by atoms with Gasteiger partial charge in [-0.2, -0.15) is 0 Å². The van der Waals surface area contributed by atoms with Crippen LogP contribution in [0.25, 0.3) is 53.2 Å². The van der Waals surface area contributed by atoms with Gasteiger partial charge in [-0.25, -0.2) is 0 Å². The van der Waals surface area contributed by atoms with E-state index >= 15 is 0 Å². The maximum Gasteiger partial charge on any atom is 0.0590 e. The van der Waals surface area contributed by atoms with Gasteiger partial charge in [-0.05, 0) is 40.1 Å². The minimum Gasteiger partial charge on any atom is -0.354 e. The van der Waals surface area contributed by atoms with Crippen LogP contribution in [0.15, 0.2) is 133 Å². The standard InChI is InChI=1S/C34H23NS/c1-3-12-23(13-4-1)26-17-9-10-20-30(26)35-31-21-11-19-28-32-27-18-8-7-16-25(27)22-29(34(32)36-33(28)31)24-14-5-2-6-15-24/h1-22,35H. The molecular formula is C34H23NS. The number of hydrogen-bond donors (Lipinski definition) is 1. The van der Waals surface area contributed by atoms with Crippen LogP contribution >= 0.6 is 11.3 Å². The van der Waals surface area contributed by atoms with Crippen LogP contribution in [-0.4, -0.2) is 0 Å². The summed E-state index contributed by atoms with van der Waals surface area (Å²) in [7, 11) is 0. The summed E-state index contributed by atoms with van der Waals surface area (Å²) in [6.45, 7) is 0. The smallest absolute Gasteiger partial charge is 0.0590 e. The van der Waals surface area contributed by atoms with Gasteiger partial charge in [-0.3, -0.25) is 0 Å². The molecule has 0 saturated heterocycles. The Morgan fingerprint density at radius 2 is 1.06 bits per heavy atom. The van der Waals surface area contributed by atoms with Gasteiger partial charge in [0.1, 0.15) is 0 Å². The maximum absolute atomic E-state index is 3.79. The molecule has 6 aromatic carbocycles. The summed E-state index contributed by atoms with van der Waals surface area (Å²) in [6, 6.07) is 47.6. The molecule has 0 bridgehead atoms. The number of anilines is 2. The van der Waals surface area contributed by atoms with Crippen LogP contribution < -0.4 is 5.32 Å². The SMILES string of the molecule is c1ccc(-c2ccccc2Nc2cccc3c2sc2c(-c4ccccc4)cc4ccccc4c23)cc1. The highest BCUT2D eigenvalue weighted by Gasteiger charge is 2.17. The Morgan fingerprint density at radius 3 is 1.86 bits per heavy atom. The molecule has 7 aromatic rings. The Bertz CT molecular complexity index is 1850. The highest BCUT2D eigenvalue weighted by Crippen LogP contribution is 2.47. The van der Waals surface area contributed by atoms with E-state index in [1.165, 1.54) is 53.2 Å². The molecule has 1 heterocycles. The molecule has 0 unspecified atom stereocenters. The fraction of sp³-hybridized carbons (Fsp3) is 0. The normalized spacial score (nSPS) is 11.3. The van der Waals surface area contributed by atoms with Crippen LogP contribution in [-0.2, 0) is 0 Å². The first-order valence-corrected chi connectivity index (χ1v) is 13.0. The monoisotopic (exact) mass is 477 g/mol. The van der Waals surface area contributed by atoms with Crippen molar-refractivity contribution in [3.05, 3.63) is 133 Å². The zero-order valence-corrected chi connectivity index (χ0v) is 20.4. The summed E-state index contributed by atoms with van der Waals surface area (Å²) < 4.78 is 2.62. The average molecular weight is 478 g/mol. The average Bonchev–Trinajstić information content (AvgIpc) is 3.35. The van der Waals surface area contributed by atoms with Crippen LogP contribution in [0.3, 0.4) is 0 Å². The van der Waals surface area contributed by atoms with Crippen molar-refractivity contribution in [3.63, 3.8) is 0 Å². The summed E-state index contributed by atoms with van der Waals surface area (Å²) in [4.78, 5) is 0. The third kappa shape index (κ3) is 3.46. The van der Waals surface area contributed by atoms with Crippen molar-refractivity contribution in [3.8, 4) is 22.3 Å². The molecule has 0 amide bonds. The Balaban J connectivity index is 1.48. The number of nitrogens with one attached hydrogen (secondary N) is 1. The number of hydrogen-bond acceptors (Lipinski definition) is 2. The summed E-state index contributed by atoms with van der Waals surface area (Å²) in [5.41, 5.74) is 7.21. The van der Waals surface area contributed by atoms with Crippen molar-refractivity contribution in [2.24, 2.45) is 0 Å². The predicted molar refractivity (Wildman–Crippen MR) is 157 cm³/mol. The number of fused-ring (bicyclic) bond motifs is 5. The quantitative estimate of drug-likeness (QED) is 0.266. The lowest BCUT2D eigenvalue weighted by Crippen LogP contribution is -1.93. The highest BCUT2D eigenvalue weighted by atomic mass is 32.1. The largest absolute Gasteiger partial charge is 0.354 e. The molecule has 1 nitrogen and oxygen atoms in total. The minimum absolute atomic E-state index is 1.11. The minimum atomic E-state index is 1.11. The molecule has 0 saturated carbocycles. The van der Waals surface area contributed by atoms with E-state index in [1.807, 2.05) is 11.3 Å². The Hall–Kier alpha value is -4.40. The van der Waals surface area contributed by atoms with Crippen molar-refractivity contribution >= 4 is 53.7 Å². The van der Waals surface area contributed by atoms with E-state index in [9.17, 15) is 0 Å². The van der Waals surface area contributed by atoms with E-state index in [0.29, 0.717) is 0 Å². The van der Waals surface area contributed by atoms with Gasteiger partial charge in [0.2, 0.25) is 0 Å². The van der Waals surface area contributed by atoms with Crippen LogP contribution in [0.1, 0.15) is 0 Å². The van der Waals surface area contributed by atoms with Gasteiger partial charge < -0.3 is 5.32 Å². The summed E-state index contributed by atoms with van der Waals surface area (Å²) in [5, 5.41) is 9.01. The Labute approximate surface area is 214 Å². The molecule has 0 aliphatic carbocycles. The molecule has 0 radical (unpaired) electrons. The summed E-state index contributed by atoms with van der Waals surface area (Å²) in [5.74, 6) is 0. The Morgan fingerprint density at radius 1 is 0.444 bits per heavy atom. The molecule has 0 aliphatic heterocycles. The third-order valence-electron chi connectivity index (χ3n) is 6.86. The second-order valence-electron chi connectivity index (χ2n) is 9.04. The van der Waals surface area contributed by atoms with E-state index in [0.717, 1.165) is 11.4 Å². The van der Waals surface area contributed by atoms with Crippen molar-refractivity contribution in [1.82, 2.24) is 0 Å². The lowest BCUT2D eigenvalue weighted by molar-refractivity contribution is 1.56. The molecule has 170 valence electrons. The summed E-state index contributed by atoms with van der Waals surface area (Å²) in [6.07, 6.45) is 0. The van der Waals surface area contributed by atoms with Crippen molar-refractivity contribution < 1.29 is 0 Å². The third-order valence-corrected chi connectivity index (χ3v) is 8.13. The van der Waals surface area contributed by atoms with Gasteiger partial charge in [0.25, 0.3) is 0 Å². The Kier molecular flexibility index (Phi) is 5.04. The molecule has 1 aromatic heterocycles. The lowest BCUT2D eigenvalue weighted by atomic mass is 9.96. The highest BCUT2D eigenvalue weighted by molar-refractivity contribution is 7.27. The van der Waals surface area contributed by atoms with Crippen molar-refractivity contribution in [2.45, 2.75) is 0 Å². The molecule has 7 rings (SSSR count). The van der Waals surface area contributed by atoms with Crippen LogP contribution in [0, 0.1) is 0 Å². The molecule has 0 fully saturated rings. The van der Waals surface area contributed by atoms with E-state index in [1.54, 1.807) is 0 Å². The zero-order valence-electron chi connectivity index (χ0n) is 19.6. The number of para-hydroxylation sites is 1. The van der Waals surface area contributed by atoms with E-state index in [4.69, 9.17) is 0 Å². The lowest BCUT2D eigenvalue weighted by Gasteiger charge is -2.13. The number of rotatable bonds is 4. The predicted octanol–water partition coefficient (Wildman–Crippen LogP) is 10.3. The van der Waals surface area contributed by atoms with Gasteiger partial charge in [-0.15, -0.1) is 11.3 Å². The first-order chi connectivity index (χ1) is 17.9. The van der Waals surface area contributed by atoms with Crippen molar-refractivity contribution in [2.75, 3.05) is 5.32 Å². The van der Waals surface area contributed by atoms with Gasteiger partial charge in [0.15, 0.2) is 0 Å². The first kappa shape index (κ1) is 20.9. The fourth-order valence-corrected chi connectivity index (χ4v) is 6.51. The maximum atomic E-state index is 3.79. The van der Waals surface area contributed by atoms with Crippen LogP contribution in [0.4, 0.5) is 11.4 Å². The molecule has 0 atom stereocenters.